The molecule has 2 rings (SSSR count). The maximum Gasteiger partial charge on any atom is 0.255 e. The first-order valence-corrected chi connectivity index (χ1v) is 7.94. The van der Waals surface area contributed by atoms with E-state index in [0.29, 0.717) is 16.3 Å². The molecule has 0 aromatic heterocycles. The minimum atomic E-state index is -0.200. The van der Waals surface area contributed by atoms with Gasteiger partial charge in [0.05, 0.1) is 16.8 Å². The van der Waals surface area contributed by atoms with E-state index in [1.165, 1.54) is 0 Å². The standard InChI is InChI=1S/C16H15ClINO2/c1-10(2)21-13-6-3-11(4-7-13)16(20)19-15-8-5-12(18)9-14(15)17/h3-10H,1-2H3,(H,19,20). The molecular weight excluding hydrogens is 401 g/mol. The summed E-state index contributed by atoms with van der Waals surface area (Å²) in [5.74, 6) is 0.544. The number of hydrogen-bond donors (Lipinski definition) is 1. The highest BCUT2D eigenvalue weighted by Gasteiger charge is 2.09. The van der Waals surface area contributed by atoms with Gasteiger partial charge in [0, 0.05) is 9.13 Å². The molecule has 0 aliphatic rings. The smallest absolute Gasteiger partial charge is 0.255 e. The quantitative estimate of drug-likeness (QED) is 0.715. The van der Waals surface area contributed by atoms with E-state index in [4.69, 9.17) is 16.3 Å². The van der Waals surface area contributed by atoms with Crippen molar-refractivity contribution in [3.05, 3.63) is 56.6 Å². The van der Waals surface area contributed by atoms with E-state index in [0.717, 1.165) is 9.32 Å². The van der Waals surface area contributed by atoms with E-state index in [9.17, 15) is 4.79 Å². The fourth-order valence-electron chi connectivity index (χ4n) is 1.74. The molecule has 2 aromatic carbocycles. The van der Waals surface area contributed by atoms with Gasteiger partial charge in [-0.05, 0) is 78.9 Å². The molecule has 3 nitrogen and oxygen atoms in total. The van der Waals surface area contributed by atoms with Crippen LogP contribution in [0.3, 0.4) is 0 Å². The summed E-state index contributed by atoms with van der Waals surface area (Å²) in [6, 6.07) is 12.5. The number of halogens is 2. The van der Waals surface area contributed by atoms with Crippen LogP contribution in [0.1, 0.15) is 24.2 Å². The summed E-state index contributed by atoms with van der Waals surface area (Å²) < 4.78 is 6.57. The number of carbonyl (C=O) groups excluding carboxylic acids is 1. The van der Waals surface area contributed by atoms with Crippen molar-refractivity contribution in [2.45, 2.75) is 20.0 Å². The van der Waals surface area contributed by atoms with E-state index in [2.05, 4.69) is 27.9 Å². The minimum absolute atomic E-state index is 0.107. The van der Waals surface area contributed by atoms with Crippen molar-refractivity contribution in [3.63, 3.8) is 0 Å². The predicted octanol–water partition coefficient (Wildman–Crippen LogP) is 4.98. The molecule has 0 saturated heterocycles. The van der Waals surface area contributed by atoms with Gasteiger partial charge in [-0.25, -0.2) is 0 Å². The average molecular weight is 416 g/mol. The minimum Gasteiger partial charge on any atom is -0.491 e. The fourth-order valence-corrected chi connectivity index (χ4v) is 2.65. The van der Waals surface area contributed by atoms with Gasteiger partial charge >= 0.3 is 0 Å². The van der Waals surface area contributed by atoms with Gasteiger partial charge in [-0.15, -0.1) is 0 Å². The highest BCUT2D eigenvalue weighted by molar-refractivity contribution is 14.1. The molecule has 110 valence electrons. The highest BCUT2D eigenvalue weighted by Crippen LogP contribution is 2.24. The topological polar surface area (TPSA) is 38.3 Å². The van der Waals surface area contributed by atoms with Crippen LogP contribution in [0.15, 0.2) is 42.5 Å². The second-order valence-electron chi connectivity index (χ2n) is 4.77. The van der Waals surface area contributed by atoms with Gasteiger partial charge in [0.25, 0.3) is 5.91 Å². The van der Waals surface area contributed by atoms with Crippen molar-refractivity contribution in [2.24, 2.45) is 0 Å². The van der Waals surface area contributed by atoms with Crippen LogP contribution in [0.4, 0.5) is 5.69 Å². The van der Waals surface area contributed by atoms with E-state index in [1.807, 2.05) is 19.9 Å². The molecule has 0 spiro atoms. The summed E-state index contributed by atoms with van der Waals surface area (Å²) in [7, 11) is 0. The summed E-state index contributed by atoms with van der Waals surface area (Å²) in [6.45, 7) is 3.92. The third-order valence-corrected chi connectivity index (χ3v) is 3.65. The molecule has 21 heavy (non-hydrogen) atoms. The Balaban J connectivity index is 2.09. The summed E-state index contributed by atoms with van der Waals surface area (Å²) in [5.41, 5.74) is 1.16. The molecule has 0 unspecified atom stereocenters. The second kappa shape index (κ2) is 7.13. The van der Waals surface area contributed by atoms with Gasteiger partial charge in [0.15, 0.2) is 0 Å². The number of hydrogen-bond acceptors (Lipinski definition) is 2. The molecule has 0 saturated carbocycles. The van der Waals surface area contributed by atoms with Crippen LogP contribution in [0.2, 0.25) is 5.02 Å². The lowest BCUT2D eigenvalue weighted by Crippen LogP contribution is -2.12. The SMILES string of the molecule is CC(C)Oc1ccc(C(=O)Nc2ccc(I)cc2Cl)cc1. The maximum absolute atomic E-state index is 12.2. The maximum atomic E-state index is 12.2. The summed E-state index contributed by atoms with van der Waals surface area (Å²) in [4.78, 5) is 12.2. The number of anilines is 1. The number of carbonyl (C=O) groups is 1. The Kier molecular flexibility index (Phi) is 5.47. The van der Waals surface area contributed by atoms with Crippen molar-refractivity contribution in [1.82, 2.24) is 0 Å². The lowest BCUT2D eigenvalue weighted by molar-refractivity contribution is 0.102. The molecule has 0 atom stereocenters. The zero-order valence-corrected chi connectivity index (χ0v) is 14.6. The molecule has 0 aliphatic heterocycles. The van der Waals surface area contributed by atoms with Crippen molar-refractivity contribution in [3.8, 4) is 5.75 Å². The molecular formula is C16H15ClINO2. The lowest BCUT2D eigenvalue weighted by Gasteiger charge is -2.11. The van der Waals surface area contributed by atoms with E-state index in [-0.39, 0.29) is 12.0 Å². The van der Waals surface area contributed by atoms with Gasteiger partial charge in [-0.3, -0.25) is 4.79 Å². The predicted molar refractivity (Wildman–Crippen MR) is 94.3 cm³/mol. The van der Waals surface area contributed by atoms with E-state index in [1.54, 1.807) is 36.4 Å². The van der Waals surface area contributed by atoms with Crippen LogP contribution >= 0.6 is 34.2 Å². The van der Waals surface area contributed by atoms with Gasteiger partial charge in [0.1, 0.15) is 5.75 Å². The van der Waals surface area contributed by atoms with Crippen LogP contribution in [0.25, 0.3) is 0 Å². The van der Waals surface area contributed by atoms with Crippen LogP contribution in [-0.4, -0.2) is 12.0 Å². The van der Waals surface area contributed by atoms with Crippen molar-refractivity contribution < 1.29 is 9.53 Å². The van der Waals surface area contributed by atoms with Crippen LogP contribution in [0.5, 0.6) is 5.75 Å². The van der Waals surface area contributed by atoms with Gasteiger partial charge in [-0.1, -0.05) is 11.6 Å². The molecule has 1 N–H and O–H groups in total. The van der Waals surface area contributed by atoms with Gasteiger partial charge in [-0.2, -0.15) is 0 Å². The van der Waals surface area contributed by atoms with Crippen molar-refractivity contribution >= 4 is 45.8 Å². The number of benzene rings is 2. The third-order valence-electron chi connectivity index (χ3n) is 2.67. The van der Waals surface area contributed by atoms with Crippen LogP contribution in [0, 0.1) is 3.57 Å². The Hall–Kier alpha value is -1.27. The molecule has 2 aromatic rings. The Labute approximate surface area is 142 Å². The molecule has 0 aliphatic carbocycles. The molecule has 0 heterocycles. The lowest BCUT2D eigenvalue weighted by atomic mass is 10.2. The summed E-state index contributed by atoms with van der Waals surface area (Å²) >= 11 is 8.27. The third kappa shape index (κ3) is 4.61. The number of amides is 1. The first-order valence-electron chi connectivity index (χ1n) is 6.49. The van der Waals surface area contributed by atoms with E-state index < -0.39 is 0 Å². The average Bonchev–Trinajstić information content (AvgIpc) is 2.42. The fraction of sp³-hybridized carbons (Fsp3) is 0.188. The zero-order chi connectivity index (χ0) is 15.4. The molecule has 0 radical (unpaired) electrons. The Morgan fingerprint density at radius 3 is 2.43 bits per heavy atom. The summed E-state index contributed by atoms with van der Waals surface area (Å²) in [6.07, 6.45) is 0.107. The second-order valence-corrected chi connectivity index (χ2v) is 6.42. The van der Waals surface area contributed by atoms with Gasteiger partial charge < -0.3 is 10.1 Å². The Morgan fingerprint density at radius 1 is 1.19 bits per heavy atom. The Morgan fingerprint density at radius 2 is 1.86 bits per heavy atom. The molecule has 1 amide bonds. The zero-order valence-electron chi connectivity index (χ0n) is 11.7. The van der Waals surface area contributed by atoms with Crippen LogP contribution in [-0.2, 0) is 0 Å². The Bertz CT molecular complexity index is 641. The highest BCUT2D eigenvalue weighted by atomic mass is 127. The molecule has 0 bridgehead atoms. The van der Waals surface area contributed by atoms with Gasteiger partial charge in [0.2, 0.25) is 0 Å². The van der Waals surface area contributed by atoms with Crippen molar-refractivity contribution in [2.75, 3.05) is 5.32 Å². The number of rotatable bonds is 4. The summed E-state index contributed by atoms with van der Waals surface area (Å²) in [5, 5.41) is 3.32. The monoisotopic (exact) mass is 415 g/mol. The first-order chi connectivity index (χ1) is 9.95. The normalized spacial score (nSPS) is 10.5. The number of ether oxygens (including phenoxy) is 1. The molecule has 0 fully saturated rings. The van der Waals surface area contributed by atoms with Crippen molar-refractivity contribution in [1.29, 1.82) is 0 Å². The largest absolute Gasteiger partial charge is 0.491 e. The first kappa shape index (κ1) is 16.1. The number of nitrogens with one attached hydrogen (secondary N) is 1. The molecule has 5 heteroatoms. The van der Waals surface area contributed by atoms with E-state index >= 15 is 0 Å². The van der Waals surface area contributed by atoms with Crippen LogP contribution < -0.4 is 10.1 Å².